The van der Waals surface area contributed by atoms with Crippen LogP contribution in [0.4, 0.5) is 0 Å². The van der Waals surface area contributed by atoms with Crippen molar-refractivity contribution in [3.63, 3.8) is 0 Å². The molecule has 0 radical (unpaired) electrons. The molecule has 0 aromatic carbocycles. The first-order chi connectivity index (χ1) is 6.25. The number of hydrogen-bond donors (Lipinski definition) is 0. The minimum absolute atomic E-state index is 0.0550. The Hall–Kier alpha value is -1.09. The molecule has 0 spiro atoms. The Balaban J connectivity index is 2.06. The third kappa shape index (κ3) is 1.80. The lowest BCUT2D eigenvalue weighted by Gasteiger charge is -2.14. The predicted octanol–water partition coefficient (Wildman–Crippen LogP) is 1.55. The molecular formula is C10H12O3. The fraction of sp³-hybridized carbons (Fsp3) is 0.500. The molecule has 3 heteroatoms. The summed E-state index contributed by atoms with van der Waals surface area (Å²) in [4.78, 5) is 10.9. The van der Waals surface area contributed by atoms with E-state index >= 15 is 0 Å². The number of rotatable bonds is 2. The van der Waals surface area contributed by atoms with E-state index in [-0.39, 0.29) is 11.9 Å². The van der Waals surface area contributed by atoms with Gasteiger partial charge in [-0.3, -0.25) is 4.79 Å². The highest BCUT2D eigenvalue weighted by molar-refractivity contribution is 5.78. The molecule has 2 rings (SSSR count). The van der Waals surface area contributed by atoms with Gasteiger partial charge in [0.25, 0.3) is 0 Å². The zero-order chi connectivity index (χ0) is 9.26. The van der Waals surface area contributed by atoms with Crippen LogP contribution in [0, 0.1) is 0 Å². The van der Waals surface area contributed by atoms with Gasteiger partial charge in [-0.25, -0.2) is 0 Å². The summed E-state index contributed by atoms with van der Waals surface area (Å²) >= 11 is 0. The summed E-state index contributed by atoms with van der Waals surface area (Å²) in [6, 6.07) is 0. The van der Waals surface area contributed by atoms with Crippen LogP contribution in [0.3, 0.4) is 0 Å². The first-order valence-corrected chi connectivity index (χ1v) is 4.39. The van der Waals surface area contributed by atoms with E-state index in [1.54, 1.807) is 6.92 Å². The lowest BCUT2D eigenvalue weighted by atomic mass is 10.4. The van der Waals surface area contributed by atoms with E-state index in [0.717, 1.165) is 17.8 Å². The maximum atomic E-state index is 10.9. The standard InChI is InChI=1S/C10H12O3/c1-7(11)4-8-2-3-9-10(5-8)13-6-12-9/h2-3,10H,4-6H2,1H3/i2+1,3+1,5+1,8+1,9+1,10+1. The predicted molar refractivity (Wildman–Crippen MR) is 46.9 cm³/mol. The topological polar surface area (TPSA) is 35.5 Å². The minimum Gasteiger partial charge on any atom is -0.469 e. The van der Waals surface area contributed by atoms with Crippen LogP contribution < -0.4 is 0 Å². The number of Topliss-reactive ketones (excluding diaryl/α,β-unsaturated/α-hetero) is 1. The molecule has 2 aliphatic rings. The Morgan fingerprint density at radius 2 is 2.46 bits per heavy atom. The lowest BCUT2D eigenvalue weighted by Crippen LogP contribution is -2.13. The van der Waals surface area contributed by atoms with Crippen molar-refractivity contribution in [1.29, 1.82) is 0 Å². The number of allylic oxidation sites excluding steroid dienone is 2. The van der Waals surface area contributed by atoms with Gasteiger partial charge in [0.15, 0.2) is 6.79 Å². The van der Waals surface area contributed by atoms with Crippen LogP contribution >= 0.6 is 0 Å². The molecule has 13 heavy (non-hydrogen) atoms. The van der Waals surface area contributed by atoms with E-state index < -0.39 is 0 Å². The third-order valence-electron chi connectivity index (χ3n) is 2.22. The largest absolute Gasteiger partial charge is 0.469 e. The first kappa shape index (κ1) is 8.51. The van der Waals surface area contributed by atoms with Gasteiger partial charge in [-0.15, -0.1) is 0 Å². The minimum atomic E-state index is 0.0550. The van der Waals surface area contributed by atoms with E-state index in [0.29, 0.717) is 13.2 Å². The zero-order valence-corrected chi connectivity index (χ0v) is 7.58. The molecule has 0 aromatic heterocycles. The molecule has 1 fully saturated rings. The summed E-state index contributed by atoms with van der Waals surface area (Å²) in [6.45, 7) is 1.95. The summed E-state index contributed by atoms with van der Waals surface area (Å²) < 4.78 is 10.5. The summed E-state index contributed by atoms with van der Waals surface area (Å²) in [7, 11) is 0. The van der Waals surface area contributed by atoms with Crippen molar-refractivity contribution < 1.29 is 14.3 Å². The van der Waals surface area contributed by atoms with Gasteiger partial charge in [-0.1, -0.05) is 11.6 Å². The molecule has 3 nitrogen and oxygen atoms in total. The average Bonchev–Trinajstić information content (AvgIpc) is 2.49. The smallest absolute Gasteiger partial charge is 0.189 e. The monoisotopic (exact) mass is 186 g/mol. The van der Waals surface area contributed by atoms with Crippen molar-refractivity contribution in [2.24, 2.45) is 0 Å². The van der Waals surface area contributed by atoms with Crippen molar-refractivity contribution in [2.75, 3.05) is 6.79 Å². The molecule has 1 aliphatic heterocycles. The Labute approximate surface area is 77.0 Å². The van der Waals surface area contributed by atoms with Crippen molar-refractivity contribution in [1.82, 2.24) is 0 Å². The molecule has 0 amide bonds. The molecule has 1 atom stereocenters. The summed E-state index contributed by atoms with van der Waals surface area (Å²) in [5.74, 6) is 1.09. The van der Waals surface area contributed by atoms with Crippen LogP contribution in [-0.2, 0) is 14.3 Å². The van der Waals surface area contributed by atoms with Crippen LogP contribution in [0.15, 0.2) is 23.5 Å². The van der Waals surface area contributed by atoms with E-state index in [1.165, 1.54) is 0 Å². The van der Waals surface area contributed by atoms with E-state index in [1.807, 2.05) is 12.2 Å². The number of fused-ring (bicyclic) bond motifs is 1. The average molecular weight is 186 g/mol. The van der Waals surface area contributed by atoms with Crippen LogP contribution in [0.1, 0.15) is 19.8 Å². The number of ether oxygens (including phenoxy) is 2. The molecule has 0 saturated carbocycles. The van der Waals surface area contributed by atoms with Gasteiger partial charge in [0.2, 0.25) is 0 Å². The van der Waals surface area contributed by atoms with E-state index in [2.05, 4.69) is 0 Å². The van der Waals surface area contributed by atoms with Crippen molar-refractivity contribution in [3.8, 4) is 0 Å². The Kier molecular flexibility index (Phi) is 2.19. The Morgan fingerprint density at radius 3 is 3.23 bits per heavy atom. The van der Waals surface area contributed by atoms with Crippen LogP contribution in [0.5, 0.6) is 0 Å². The number of carbonyl (C=O) groups excluding carboxylic acids is 1. The quantitative estimate of drug-likeness (QED) is 0.614. The van der Waals surface area contributed by atoms with Gasteiger partial charge in [0.1, 0.15) is 17.6 Å². The van der Waals surface area contributed by atoms with Crippen LogP contribution in [-0.4, -0.2) is 18.7 Å². The Bertz CT molecular complexity index is 289. The van der Waals surface area contributed by atoms with Crippen molar-refractivity contribution >= 4 is 5.78 Å². The fourth-order valence-electron chi connectivity index (χ4n) is 1.63. The maximum absolute atomic E-state index is 10.9. The number of carbonyl (C=O) groups is 1. The summed E-state index contributed by atoms with van der Waals surface area (Å²) in [5.41, 5.74) is 1.13. The molecule has 0 N–H and O–H groups in total. The molecule has 1 unspecified atom stereocenters. The van der Waals surface area contributed by atoms with E-state index in [9.17, 15) is 4.79 Å². The SMILES string of the molecule is CC(=O)C[13C]1=[13CH][13CH]=[13C]2OCO[13CH]2[13CH2]1. The second-order valence-electron chi connectivity index (χ2n) is 3.39. The molecule has 0 aromatic rings. The van der Waals surface area contributed by atoms with Gasteiger partial charge in [-0.2, -0.15) is 0 Å². The van der Waals surface area contributed by atoms with Gasteiger partial charge in [0, 0.05) is 12.8 Å². The molecule has 1 heterocycles. The zero-order valence-electron chi connectivity index (χ0n) is 7.58. The van der Waals surface area contributed by atoms with Gasteiger partial charge in [0.05, 0.1) is 0 Å². The fourth-order valence-corrected chi connectivity index (χ4v) is 1.63. The highest BCUT2D eigenvalue weighted by Gasteiger charge is 2.26. The van der Waals surface area contributed by atoms with Crippen molar-refractivity contribution in [3.05, 3.63) is 23.5 Å². The summed E-state index contributed by atoms with van der Waals surface area (Å²) in [5, 5.41) is 0. The molecular weight excluding hydrogens is 174 g/mol. The van der Waals surface area contributed by atoms with Crippen LogP contribution in [0.2, 0.25) is 0 Å². The lowest BCUT2D eigenvalue weighted by molar-refractivity contribution is -0.116. The molecule has 1 aliphatic carbocycles. The maximum Gasteiger partial charge on any atom is 0.189 e. The second kappa shape index (κ2) is 3.34. The van der Waals surface area contributed by atoms with Gasteiger partial charge >= 0.3 is 0 Å². The number of ketones is 1. The highest BCUT2D eigenvalue weighted by Crippen LogP contribution is 2.28. The van der Waals surface area contributed by atoms with Gasteiger partial charge in [-0.05, 0) is 13.0 Å². The molecule has 70 valence electrons. The van der Waals surface area contributed by atoms with Gasteiger partial charge < -0.3 is 9.47 Å². The molecule has 1 saturated heterocycles. The third-order valence-corrected chi connectivity index (χ3v) is 2.22. The number of hydrogen-bond acceptors (Lipinski definition) is 3. The van der Waals surface area contributed by atoms with Crippen LogP contribution in [0.25, 0.3) is 0 Å². The second-order valence-corrected chi connectivity index (χ2v) is 3.39. The first-order valence-electron chi connectivity index (χ1n) is 4.39. The molecule has 0 bridgehead atoms. The van der Waals surface area contributed by atoms with E-state index in [4.69, 9.17) is 9.47 Å². The Morgan fingerprint density at radius 1 is 1.62 bits per heavy atom. The van der Waals surface area contributed by atoms with Crippen molar-refractivity contribution in [2.45, 2.75) is 25.9 Å². The normalized spacial score (nSPS) is 25.8. The highest BCUT2D eigenvalue weighted by atomic mass is 16.8. The summed E-state index contributed by atoms with van der Waals surface area (Å²) in [6.07, 6.45) is 5.25.